The number of hydrogen-bond acceptors (Lipinski definition) is 5. The van der Waals surface area contributed by atoms with Crippen LogP contribution in [-0.2, 0) is 22.6 Å². The molecule has 5 heteroatoms. The number of nitrogens with zero attached hydrogens (tertiary/aromatic N) is 1. The molecule has 120 valence electrons. The molecular weight excluding hydrogens is 284 g/mol. The molecule has 21 heavy (non-hydrogen) atoms. The van der Waals surface area contributed by atoms with Gasteiger partial charge in [-0.05, 0) is 31.5 Å². The van der Waals surface area contributed by atoms with Gasteiger partial charge in [-0.25, -0.2) is 0 Å². The largest absolute Gasteiger partial charge is 0.377 e. The van der Waals surface area contributed by atoms with Crippen molar-refractivity contribution in [3.8, 4) is 0 Å². The van der Waals surface area contributed by atoms with E-state index in [0.29, 0.717) is 0 Å². The summed E-state index contributed by atoms with van der Waals surface area (Å²) in [6.07, 6.45) is 1.57. The van der Waals surface area contributed by atoms with E-state index in [1.807, 2.05) is 11.3 Å². The van der Waals surface area contributed by atoms with Gasteiger partial charge in [0.2, 0.25) is 0 Å². The third-order valence-corrected chi connectivity index (χ3v) is 5.18. The van der Waals surface area contributed by atoms with E-state index in [2.05, 4.69) is 30.1 Å². The molecule has 0 bridgehead atoms. The molecule has 1 aromatic heterocycles. The van der Waals surface area contributed by atoms with Crippen molar-refractivity contribution in [2.45, 2.75) is 45.6 Å². The van der Waals surface area contributed by atoms with E-state index in [4.69, 9.17) is 9.47 Å². The van der Waals surface area contributed by atoms with E-state index in [1.165, 1.54) is 21.7 Å². The number of aryl methyl sites for hydroxylation is 1. The number of ether oxygens (including phenoxy) is 2. The number of likely N-dealkylation sites (tertiary alicyclic amines) is 1. The number of methoxy groups -OCH3 is 2. The molecule has 2 heterocycles. The molecule has 2 atom stereocenters. The van der Waals surface area contributed by atoms with Gasteiger partial charge in [0, 0.05) is 50.2 Å². The van der Waals surface area contributed by atoms with Gasteiger partial charge >= 0.3 is 0 Å². The van der Waals surface area contributed by atoms with Gasteiger partial charge in [0.05, 0.1) is 12.2 Å². The van der Waals surface area contributed by atoms with Crippen LogP contribution in [0.5, 0.6) is 0 Å². The first-order valence-electron chi connectivity index (χ1n) is 7.74. The van der Waals surface area contributed by atoms with Gasteiger partial charge < -0.3 is 14.8 Å². The Labute approximate surface area is 132 Å². The lowest BCUT2D eigenvalue weighted by molar-refractivity contribution is -0.00461. The summed E-state index contributed by atoms with van der Waals surface area (Å²) in [6, 6.07) is 2.35. The second kappa shape index (κ2) is 8.25. The summed E-state index contributed by atoms with van der Waals surface area (Å²) in [5.41, 5.74) is 1.44. The van der Waals surface area contributed by atoms with Crippen LogP contribution < -0.4 is 5.32 Å². The second-order valence-corrected chi connectivity index (χ2v) is 7.05. The van der Waals surface area contributed by atoms with Crippen LogP contribution in [0.15, 0.2) is 6.07 Å². The molecule has 0 aromatic carbocycles. The molecular formula is C16H28N2O2S. The van der Waals surface area contributed by atoms with Crippen molar-refractivity contribution in [2.24, 2.45) is 0 Å². The highest BCUT2D eigenvalue weighted by molar-refractivity contribution is 7.12. The quantitative estimate of drug-likeness (QED) is 0.748. The Bertz CT molecular complexity index is 424. The fourth-order valence-corrected chi connectivity index (χ4v) is 3.88. The van der Waals surface area contributed by atoms with Gasteiger partial charge in [-0.15, -0.1) is 11.3 Å². The summed E-state index contributed by atoms with van der Waals surface area (Å²) in [5.74, 6) is 0. The highest BCUT2D eigenvalue weighted by atomic mass is 32.1. The number of rotatable bonds is 8. The second-order valence-electron chi connectivity index (χ2n) is 5.71. The Balaban J connectivity index is 1.91. The predicted octanol–water partition coefficient (Wildman–Crippen LogP) is 2.40. The minimum absolute atomic E-state index is 0.194. The monoisotopic (exact) mass is 312 g/mol. The average molecular weight is 312 g/mol. The molecule has 0 spiro atoms. The van der Waals surface area contributed by atoms with E-state index in [9.17, 15) is 0 Å². The van der Waals surface area contributed by atoms with Gasteiger partial charge in [-0.3, -0.25) is 4.90 Å². The van der Waals surface area contributed by atoms with E-state index < -0.39 is 0 Å². The van der Waals surface area contributed by atoms with E-state index >= 15 is 0 Å². The van der Waals surface area contributed by atoms with Crippen LogP contribution in [0.25, 0.3) is 0 Å². The average Bonchev–Trinajstić information content (AvgIpc) is 3.03. The van der Waals surface area contributed by atoms with Crippen LogP contribution in [-0.4, -0.2) is 51.0 Å². The van der Waals surface area contributed by atoms with Crippen molar-refractivity contribution < 1.29 is 9.47 Å². The standard InChI is InChI=1S/C16H28N2O2S/c1-5-6-17-8-14-7-13(12(2)21-14)9-18-10-15(19-3)16(11-18)20-4/h7,15-17H,5-6,8-11H2,1-4H3. The molecule has 2 rings (SSSR count). The topological polar surface area (TPSA) is 33.7 Å². The van der Waals surface area contributed by atoms with Crippen LogP contribution in [0.2, 0.25) is 0 Å². The lowest BCUT2D eigenvalue weighted by Gasteiger charge is -2.14. The van der Waals surface area contributed by atoms with Crippen LogP contribution in [0.4, 0.5) is 0 Å². The first-order valence-corrected chi connectivity index (χ1v) is 8.56. The third-order valence-electron chi connectivity index (χ3n) is 4.09. The maximum Gasteiger partial charge on any atom is 0.0971 e. The van der Waals surface area contributed by atoms with Crippen molar-refractivity contribution in [1.29, 1.82) is 0 Å². The molecule has 0 amide bonds. The van der Waals surface area contributed by atoms with Crippen LogP contribution in [0.1, 0.15) is 28.7 Å². The number of thiophene rings is 1. The molecule has 4 nitrogen and oxygen atoms in total. The summed E-state index contributed by atoms with van der Waals surface area (Å²) in [7, 11) is 3.54. The Kier molecular flexibility index (Phi) is 6.64. The summed E-state index contributed by atoms with van der Waals surface area (Å²) in [6.45, 7) is 9.40. The Hall–Kier alpha value is -0.460. The smallest absolute Gasteiger partial charge is 0.0971 e. The zero-order chi connectivity index (χ0) is 15.2. The maximum absolute atomic E-state index is 5.51. The van der Waals surface area contributed by atoms with Crippen molar-refractivity contribution in [3.05, 3.63) is 21.4 Å². The zero-order valence-electron chi connectivity index (χ0n) is 13.6. The van der Waals surface area contributed by atoms with E-state index in [-0.39, 0.29) is 12.2 Å². The van der Waals surface area contributed by atoms with Crippen molar-refractivity contribution in [3.63, 3.8) is 0 Å². The first kappa shape index (κ1) is 16.9. The van der Waals surface area contributed by atoms with Crippen molar-refractivity contribution in [2.75, 3.05) is 33.9 Å². The molecule has 1 aliphatic rings. The predicted molar refractivity (Wildman–Crippen MR) is 87.9 cm³/mol. The number of nitrogens with one attached hydrogen (secondary N) is 1. The summed E-state index contributed by atoms with van der Waals surface area (Å²) in [4.78, 5) is 5.29. The van der Waals surface area contributed by atoms with Crippen LogP contribution >= 0.6 is 11.3 Å². The Morgan fingerprint density at radius 3 is 2.52 bits per heavy atom. The SMILES string of the molecule is CCCNCc1cc(CN2CC(OC)C(OC)C2)c(C)s1. The van der Waals surface area contributed by atoms with Gasteiger partial charge in [0.25, 0.3) is 0 Å². The summed E-state index contributed by atoms with van der Waals surface area (Å²) < 4.78 is 11.0. The fraction of sp³-hybridized carbons (Fsp3) is 0.750. The van der Waals surface area contributed by atoms with Crippen molar-refractivity contribution >= 4 is 11.3 Å². The van der Waals surface area contributed by atoms with Gasteiger partial charge in [0.15, 0.2) is 0 Å². The van der Waals surface area contributed by atoms with Crippen molar-refractivity contribution in [1.82, 2.24) is 10.2 Å². The molecule has 1 N–H and O–H groups in total. The molecule has 0 saturated carbocycles. The first-order chi connectivity index (χ1) is 10.2. The van der Waals surface area contributed by atoms with Crippen LogP contribution in [0.3, 0.4) is 0 Å². The van der Waals surface area contributed by atoms with Gasteiger partial charge in [-0.1, -0.05) is 6.92 Å². The molecule has 1 aliphatic heterocycles. The molecule has 1 fully saturated rings. The minimum Gasteiger partial charge on any atom is -0.377 e. The Morgan fingerprint density at radius 2 is 1.95 bits per heavy atom. The van der Waals surface area contributed by atoms with Gasteiger partial charge in [-0.2, -0.15) is 0 Å². The summed E-state index contributed by atoms with van der Waals surface area (Å²) >= 11 is 1.91. The third kappa shape index (κ3) is 4.50. The lowest BCUT2D eigenvalue weighted by Crippen LogP contribution is -2.27. The fourth-order valence-electron chi connectivity index (χ4n) is 2.86. The molecule has 1 saturated heterocycles. The number of hydrogen-bond donors (Lipinski definition) is 1. The van der Waals surface area contributed by atoms with E-state index in [0.717, 1.165) is 32.7 Å². The molecule has 0 aliphatic carbocycles. The lowest BCUT2D eigenvalue weighted by atomic mass is 10.2. The minimum atomic E-state index is 0.194. The summed E-state index contributed by atoms with van der Waals surface area (Å²) in [5, 5.41) is 3.47. The molecule has 1 aromatic rings. The van der Waals surface area contributed by atoms with E-state index in [1.54, 1.807) is 14.2 Å². The highest BCUT2D eigenvalue weighted by Crippen LogP contribution is 2.25. The van der Waals surface area contributed by atoms with Gasteiger partial charge in [0.1, 0.15) is 0 Å². The molecule has 2 unspecified atom stereocenters. The van der Waals surface area contributed by atoms with Crippen LogP contribution in [0, 0.1) is 6.92 Å². The molecule has 0 radical (unpaired) electrons. The Morgan fingerprint density at radius 1 is 1.29 bits per heavy atom. The zero-order valence-corrected chi connectivity index (χ0v) is 14.5. The normalized spacial score (nSPS) is 23.0. The highest BCUT2D eigenvalue weighted by Gasteiger charge is 2.33. The maximum atomic E-state index is 5.51.